The maximum Gasteiger partial charge on any atom is 0.244 e. The highest BCUT2D eigenvalue weighted by Gasteiger charge is 2.23. The molecule has 0 aliphatic carbocycles. The molecule has 0 aliphatic heterocycles. The minimum Gasteiger partial charge on any atom is -0.326 e. The molecule has 0 radical (unpaired) electrons. The second-order valence-electron chi connectivity index (χ2n) is 7.89. The quantitative estimate of drug-likeness (QED) is 0.203. The third kappa shape index (κ3) is 6.89. The highest BCUT2D eigenvalue weighted by atomic mass is 35.5. The van der Waals surface area contributed by atoms with Gasteiger partial charge in [-0.25, -0.2) is 4.98 Å². The van der Waals surface area contributed by atoms with Gasteiger partial charge in [-0.3, -0.25) is 9.59 Å². The Kier molecular flexibility index (Phi) is 9.04. The maximum atomic E-state index is 13.4. The van der Waals surface area contributed by atoms with Crippen LogP contribution in [0, 0.1) is 0 Å². The number of aromatic nitrogens is 1. The minimum atomic E-state index is -0.523. The van der Waals surface area contributed by atoms with Gasteiger partial charge in [0, 0.05) is 27.9 Å². The molecule has 5 nitrogen and oxygen atoms in total. The van der Waals surface area contributed by atoms with Gasteiger partial charge in [0.25, 0.3) is 0 Å². The number of hydrogen-bond acceptors (Lipinski definition) is 5. The van der Waals surface area contributed by atoms with E-state index < -0.39 is 5.25 Å². The molecule has 2 N–H and O–H groups in total. The van der Waals surface area contributed by atoms with Crippen LogP contribution in [0.25, 0.3) is 11.3 Å². The molecule has 0 saturated carbocycles. The summed E-state index contributed by atoms with van der Waals surface area (Å²) >= 11 is 14.9. The monoisotopic (exact) mass is 555 g/mol. The summed E-state index contributed by atoms with van der Waals surface area (Å²) in [6.07, 6.45) is 1.24. The normalized spacial score (nSPS) is 11.6. The number of carbonyl (C=O) groups excluding carboxylic acids is 2. The summed E-state index contributed by atoms with van der Waals surface area (Å²) < 4.78 is 0. The van der Waals surface area contributed by atoms with Crippen molar-refractivity contribution in [1.29, 1.82) is 0 Å². The number of halogens is 2. The van der Waals surface area contributed by atoms with Crippen molar-refractivity contribution in [3.63, 3.8) is 0 Å². The van der Waals surface area contributed by atoms with Crippen LogP contribution < -0.4 is 10.6 Å². The molecule has 4 aromatic rings. The average Bonchev–Trinajstić information content (AvgIpc) is 3.33. The van der Waals surface area contributed by atoms with Crippen molar-refractivity contribution in [2.75, 3.05) is 10.6 Å². The molecule has 0 aliphatic rings. The molecule has 0 saturated heterocycles. The molecule has 36 heavy (non-hydrogen) atoms. The van der Waals surface area contributed by atoms with Crippen LogP contribution in [0.3, 0.4) is 0 Å². The summed E-state index contributed by atoms with van der Waals surface area (Å²) in [7, 11) is 0. The zero-order chi connectivity index (χ0) is 25.5. The van der Waals surface area contributed by atoms with E-state index in [0.29, 0.717) is 33.0 Å². The molecule has 9 heteroatoms. The van der Waals surface area contributed by atoms with E-state index in [4.69, 9.17) is 23.2 Å². The van der Waals surface area contributed by atoms with E-state index in [1.165, 1.54) is 23.1 Å². The molecular weight excluding hydrogens is 533 g/mol. The van der Waals surface area contributed by atoms with Crippen molar-refractivity contribution in [3.8, 4) is 11.3 Å². The van der Waals surface area contributed by atoms with Crippen LogP contribution in [0.5, 0.6) is 0 Å². The van der Waals surface area contributed by atoms with Gasteiger partial charge in [-0.15, -0.1) is 23.1 Å². The first-order valence-corrected chi connectivity index (χ1v) is 13.8. The standard InChI is InChI=1S/C27H23Cl2N3O2S2/c1-2-7-24(33)30-19-10-6-11-20(15-19)36-25(17-8-4-3-5-9-17)26(34)32-27-31-23(16-35-27)18-12-13-21(28)22(29)14-18/h3-6,8-16,25H,2,7H2,1H3,(H,30,33)(H,31,32,34). The topological polar surface area (TPSA) is 71.1 Å². The second-order valence-corrected chi connectivity index (χ2v) is 10.7. The predicted octanol–water partition coefficient (Wildman–Crippen LogP) is 8.33. The zero-order valence-corrected chi connectivity index (χ0v) is 22.5. The molecule has 1 unspecified atom stereocenters. The van der Waals surface area contributed by atoms with E-state index in [2.05, 4.69) is 15.6 Å². The van der Waals surface area contributed by atoms with E-state index >= 15 is 0 Å². The Balaban J connectivity index is 1.53. The number of nitrogens with zero attached hydrogens (tertiary/aromatic N) is 1. The second kappa shape index (κ2) is 12.4. The number of thioether (sulfide) groups is 1. The Morgan fingerprint density at radius 3 is 2.53 bits per heavy atom. The highest BCUT2D eigenvalue weighted by Crippen LogP contribution is 2.38. The summed E-state index contributed by atoms with van der Waals surface area (Å²) in [6, 6.07) is 22.4. The lowest BCUT2D eigenvalue weighted by molar-refractivity contribution is -0.116. The number of benzene rings is 3. The van der Waals surface area contributed by atoms with Crippen LogP contribution in [-0.2, 0) is 9.59 Å². The zero-order valence-electron chi connectivity index (χ0n) is 19.3. The predicted molar refractivity (Wildman–Crippen MR) is 151 cm³/mol. The Morgan fingerprint density at radius 2 is 1.78 bits per heavy atom. The fourth-order valence-electron chi connectivity index (χ4n) is 3.42. The minimum absolute atomic E-state index is 0.0291. The fourth-order valence-corrected chi connectivity index (χ4v) is 5.53. The van der Waals surface area contributed by atoms with Gasteiger partial charge in [0.2, 0.25) is 11.8 Å². The van der Waals surface area contributed by atoms with E-state index in [0.717, 1.165) is 22.4 Å². The number of hydrogen-bond donors (Lipinski definition) is 2. The summed E-state index contributed by atoms with van der Waals surface area (Å²) in [5.41, 5.74) is 3.09. The molecule has 1 heterocycles. The number of rotatable bonds is 9. The summed E-state index contributed by atoms with van der Waals surface area (Å²) in [4.78, 5) is 30.9. The molecule has 184 valence electrons. The van der Waals surface area contributed by atoms with Crippen LogP contribution in [0.1, 0.15) is 30.6 Å². The van der Waals surface area contributed by atoms with Crippen molar-refractivity contribution >= 4 is 68.9 Å². The van der Waals surface area contributed by atoms with Crippen molar-refractivity contribution in [1.82, 2.24) is 4.98 Å². The third-order valence-electron chi connectivity index (χ3n) is 5.14. The first-order chi connectivity index (χ1) is 17.4. The lowest BCUT2D eigenvalue weighted by atomic mass is 10.1. The third-order valence-corrected chi connectivity index (χ3v) is 7.88. The Morgan fingerprint density at radius 1 is 0.972 bits per heavy atom. The van der Waals surface area contributed by atoms with E-state index in [1.54, 1.807) is 12.1 Å². The fraction of sp³-hybridized carbons (Fsp3) is 0.148. The van der Waals surface area contributed by atoms with Crippen LogP contribution in [0.15, 0.2) is 83.1 Å². The first kappa shape index (κ1) is 26.2. The highest BCUT2D eigenvalue weighted by molar-refractivity contribution is 8.00. The van der Waals surface area contributed by atoms with Gasteiger partial charge in [-0.05, 0) is 42.3 Å². The van der Waals surface area contributed by atoms with E-state index in [-0.39, 0.29) is 11.8 Å². The molecule has 0 spiro atoms. The van der Waals surface area contributed by atoms with Gasteiger partial charge in [0.05, 0.1) is 15.7 Å². The number of carbonyl (C=O) groups is 2. The Hall–Kier alpha value is -2.84. The molecule has 4 rings (SSSR count). The Labute approximate surface area is 228 Å². The van der Waals surface area contributed by atoms with Gasteiger partial charge < -0.3 is 10.6 Å². The number of amides is 2. The molecule has 3 aromatic carbocycles. The summed E-state index contributed by atoms with van der Waals surface area (Å²) in [6.45, 7) is 1.96. The smallest absolute Gasteiger partial charge is 0.244 e. The number of anilines is 2. The van der Waals surface area contributed by atoms with Crippen molar-refractivity contribution in [2.45, 2.75) is 29.9 Å². The average molecular weight is 557 g/mol. The van der Waals surface area contributed by atoms with Gasteiger partial charge in [-0.2, -0.15) is 0 Å². The van der Waals surface area contributed by atoms with Crippen LogP contribution in [0.4, 0.5) is 10.8 Å². The van der Waals surface area contributed by atoms with Crippen molar-refractivity contribution < 1.29 is 9.59 Å². The lowest BCUT2D eigenvalue weighted by Crippen LogP contribution is -2.19. The van der Waals surface area contributed by atoms with Gasteiger partial charge in [0.1, 0.15) is 5.25 Å². The summed E-state index contributed by atoms with van der Waals surface area (Å²) in [5.74, 6) is -0.222. The number of nitrogens with one attached hydrogen (secondary N) is 2. The number of thiazole rings is 1. The van der Waals surface area contributed by atoms with Crippen LogP contribution in [-0.4, -0.2) is 16.8 Å². The first-order valence-electron chi connectivity index (χ1n) is 11.3. The van der Waals surface area contributed by atoms with Gasteiger partial charge in [0.15, 0.2) is 5.13 Å². The van der Waals surface area contributed by atoms with Crippen molar-refractivity contribution in [3.05, 3.63) is 93.8 Å². The van der Waals surface area contributed by atoms with Crippen LogP contribution in [0.2, 0.25) is 10.0 Å². The summed E-state index contributed by atoms with van der Waals surface area (Å²) in [5, 5.41) is 8.62. The van der Waals surface area contributed by atoms with Crippen LogP contribution >= 0.6 is 46.3 Å². The molecular formula is C27H23Cl2N3O2S2. The molecule has 1 atom stereocenters. The SMILES string of the molecule is CCCC(=O)Nc1cccc(SC(C(=O)Nc2nc(-c3ccc(Cl)c(Cl)c3)cs2)c2ccccc2)c1. The molecule has 1 aromatic heterocycles. The largest absolute Gasteiger partial charge is 0.326 e. The molecule has 0 bridgehead atoms. The van der Waals surface area contributed by atoms with Crippen molar-refractivity contribution in [2.24, 2.45) is 0 Å². The lowest BCUT2D eigenvalue weighted by Gasteiger charge is -2.17. The Bertz CT molecular complexity index is 1360. The van der Waals surface area contributed by atoms with E-state index in [1.807, 2.05) is 73.0 Å². The van der Waals surface area contributed by atoms with E-state index in [9.17, 15) is 9.59 Å². The molecule has 0 fully saturated rings. The van der Waals surface area contributed by atoms with Gasteiger partial charge >= 0.3 is 0 Å². The maximum absolute atomic E-state index is 13.4. The molecule has 2 amide bonds. The van der Waals surface area contributed by atoms with Gasteiger partial charge in [-0.1, -0.05) is 72.6 Å².